The Morgan fingerprint density at radius 1 is 1.08 bits per heavy atom. The van der Waals surface area contributed by atoms with E-state index in [0.717, 1.165) is 5.92 Å². The summed E-state index contributed by atoms with van der Waals surface area (Å²) in [6.07, 6.45) is 5.25. The van der Waals surface area contributed by atoms with Gasteiger partial charge in [0.2, 0.25) is 0 Å². The second-order valence-corrected chi connectivity index (χ2v) is 4.16. The van der Waals surface area contributed by atoms with E-state index >= 15 is 0 Å². The average molecular weight is 175 g/mol. The van der Waals surface area contributed by atoms with Crippen molar-refractivity contribution in [3.63, 3.8) is 0 Å². The lowest BCUT2D eigenvalue weighted by molar-refractivity contribution is 0.348. The smallest absolute Gasteiger partial charge is 0.146 e. The molecule has 3 nitrogen and oxygen atoms in total. The third-order valence-corrected chi connectivity index (χ3v) is 3.43. The van der Waals surface area contributed by atoms with E-state index in [2.05, 4.69) is 10.2 Å². The van der Waals surface area contributed by atoms with Crippen LogP contribution in [0.15, 0.2) is 6.07 Å². The standard InChI is InChI=1S/C10H13N3/c11-9-5-8-6-1-3-7(4-2-6)10(8)13-12-9/h5-7H,1-4H2,(H2,11,12). The molecular weight excluding hydrogens is 162 g/mol. The summed E-state index contributed by atoms with van der Waals surface area (Å²) in [6, 6.07) is 2.03. The number of rotatable bonds is 0. The molecule has 2 N–H and O–H groups in total. The van der Waals surface area contributed by atoms with Gasteiger partial charge in [0.25, 0.3) is 0 Å². The van der Waals surface area contributed by atoms with Crippen LogP contribution in [0.3, 0.4) is 0 Å². The predicted octanol–water partition coefficient (Wildman–Crippen LogP) is 1.81. The fourth-order valence-electron chi connectivity index (χ4n) is 2.75. The molecule has 4 rings (SSSR count). The van der Waals surface area contributed by atoms with E-state index in [1.165, 1.54) is 36.9 Å². The summed E-state index contributed by atoms with van der Waals surface area (Å²) in [5.74, 6) is 1.97. The number of nitrogen functional groups attached to an aromatic ring is 1. The van der Waals surface area contributed by atoms with Crippen LogP contribution in [0.25, 0.3) is 0 Å². The first-order valence-corrected chi connectivity index (χ1v) is 4.97. The molecule has 0 amide bonds. The van der Waals surface area contributed by atoms with Crippen molar-refractivity contribution in [2.45, 2.75) is 37.5 Å². The summed E-state index contributed by atoms with van der Waals surface area (Å²) < 4.78 is 0. The van der Waals surface area contributed by atoms with Crippen LogP contribution in [-0.4, -0.2) is 10.2 Å². The molecule has 1 fully saturated rings. The SMILES string of the molecule is Nc1cc2c(nn1)C1CCC2CC1. The van der Waals surface area contributed by atoms with Crippen LogP contribution < -0.4 is 5.73 Å². The topological polar surface area (TPSA) is 51.8 Å². The third kappa shape index (κ3) is 0.961. The lowest BCUT2D eigenvalue weighted by Crippen LogP contribution is -2.23. The number of nitrogens with zero attached hydrogens (tertiary/aromatic N) is 2. The van der Waals surface area contributed by atoms with Gasteiger partial charge in [-0.3, -0.25) is 0 Å². The van der Waals surface area contributed by atoms with Crippen LogP contribution in [0, 0.1) is 0 Å². The van der Waals surface area contributed by atoms with E-state index in [1.807, 2.05) is 6.07 Å². The maximum absolute atomic E-state index is 5.64. The van der Waals surface area contributed by atoms with Crippen LogP contribution in [0.4, 0.5) is 5.82 Å². The highest BCUT2D eigenvalue weighted by atomic mass is 15.1. The lowest BCUT2D eigenvalue weighted by Gasteiger charge is -2.36. The first-order valence-electron chi connectivity index (χ1n) is 4.97. The number of anilines is 1. The maximum atomic E-state index is 5.64. The highest BCUT2D eigenvalue weighted by Crippen LogP contribution is 2.48. The monoisotopic (exact) mass is 175 g/mol. The normalized spacial score (nSPS) is 30.2. The Labute approximate surface area is 77.4 Å². The van der Waals surface area contributed by atoms with Crippen molar-refractivity contribution in [3.8, 4) is 0 Å². The van der Waals surface area contributed by atoms with Gasteiger partial charge in [-0.25, -0.2) is 0 Å². The van der Waals surface area contributed by atoms with E-state index < -0.39 is 0 Å². The molecule has 1 aromatic rings. The van der Waals surface area contributed by atoms with Crippen LogP contribution >= 0.6 is 0 Å². The molecule has 1 saturated carbocycles. The number of hydrogen-bond acceptors (Lipinski definition) is 3. The molecule has 0 aromatic carbocycles. The summed E-state index contributed by atoms with van der Waals surface area (Å²) in [5.41, 5.74) is 8.26. The molecule has 0 saturated heterocycles. The number of hydrogen-bond donors (Lipinski definition) is 1. The minimum atomic E-state index is 0.575. The van der Waals surface area contributed by atoms with E-state index in [9.17, 15) is 0 Å². The Hall–Kier alpha value is -1.12. The highest BCUT2D eigenvalue weighted by Gasteiger charge is 2.34. The first kappa shape index (κ1) is 7.30. The fourth-order valence-corrected chi connectivity index (χ4v) is 2.75. The molecule has 0 radical (unpaired) electrons. The first-order chi connectivity index (χ1) is 6.34. The Balaban J connectivity index is 2.18. The van der Waals surface area contributed by atoms with E-state index in [4.69, 9.17) is 5.73 Å². The highest BCUT2D eigenvalue weighted by molar-refractivity contribution is 5.39. The molecule has 0 spiro atoms. The van der Waals surface area contributed by atoms with Crippen LogP contribution in [0.1, 0.15) is 48.8 Å². The largest absolute Gasteiger partial charge is 0.382 e. The summed E-state index contributed by atoms with van der Waals surface area (Å²) in [5, 5.41) is 8.17. The van der Waals surface area contributed by atoms with Crippen molar-refractivity contribution in [2.75, 3.05) is 5.73 Å². The van der Waals surface area contributed by atoms with Crippen LogP contribution in [-0.2, 0) is 0 Å². The predicted molar refractivity (Wildman–Crippen MR) is 50.4 cm³/mol. The maximum Gasteiger partial charge on any atom is 0.146 e. The number of fused-ring (bicyclic) bond motifs is 2. The van der Waals surface area contributed by atoms with Crippen molar-refractivity contribution < 1.29 is 0 Å². The number of nitrogens with two attached hydrogens (primary N) is 1. The van der Waals surface area contributed by atoms with E-state index in [1.54, 1.807) is 0 Å². The Morgan fingerprint density at radius 3 is 2.54 bits per heavy atom. The van der Waals surface area contributed by atoms with Crippen LogP contribution in [0.5, 0.6) is 0 Å². The minimum Gasteiger partial charge on any atom is -0.382 e. The second-order valence-electron chi connectivity index (χ2n) is 4.16. The van der Waals surface area contributed by atoms with Gasteiger partial charge < -0.3 is 5.73 Å². The van der Waals surface area contributed by atoms with E-state index in [0.29, 0.717) is 11.7 Å². The van der Waals surface area contributed by atoms with Crippen molar-refractivity contribution in [3.05, 3.63) is 17.3 Å². The van der Waals surface area contributed by atoms with E-state index in [-0.39, 0.29) is 0 Å². The molecule has 3 aliphatic carbocycles. The van der Waals surface area contributed by atoms with Crippen molar-refractivity contribution >= 4 is 5.82 Å². The molecule has 2 bridgehead atoms. The molecule has 1 heterocycles. The van der Waals surface area contributed by atoms with Gasteiger partial charge in [0.15, 0.2) is 0 Å². The zero-order valence-corrected chi connectivity index (χ0v) is 7.53. The molecule has 0 unspecified atom stereocenters. The van der Waals surface area contributed by atoms with Gasteiger partial charge in [-0.15, -0.1) is 5.10 Å². The molecular formula is C10H13N3. The Bertz CT molecular complexity index is 340. The third-order valence-electron chi connectivity index (χ3n) is 3.43. The minimum absolute atomic E-state index is 0.575. The molecule has 3 heteroatoms. The fraction of sp³-hybridized carbons (Fsp3) is 0.600. The quantitative estimate of drug-likeness (QED) is 0.654. The van der Waals surface area contributed by atoms with Gasteiger partial charge in [-0.1, -0.05) is 0 Å². The second kappa shape index (κ2) is 2.44. The zero-order chi connectivity index (χ0) is 8.84. The Morgan fingerprint density at radius 2 is 1.77 bits per heavy atom. The molecule has 3 aliphatic rings. The van der Waals surface area contributed by atoms with Gasteiger partial charge in [-0.2, -0.15) is 5.10 Å². The lowest BCUT2D eigenvalue weighted by atomic mass is 9.69. The molecule has 68 valence electrons. The van der Waals surface area contributed by atoms with Crippen molar-refractivity contribution in [1.82, 2.24) is 10.2 Å². The summed E-state index contributed by atoms with van der Waals surface area (Å²) >= 11 is 0. The van der Waals surface area contributed by atoms with Gasteiger partial charge in [0, 0.05) is 5.92 Å². The summed E-state index contributed by atoms with van der Waals surface area (Å²) in [6.45, 7) is 0. The average Bonchev–Trinajstić information content (AvgIpc) is 2.19. The van der Waals surface area contributed by atoms with Crippen molar-refractivity contribution in [1.29, 1.82) is 0 Å². The molecule has 0 atom stereocenters. The molecule has 13 heavy (non-hydrogen) atoms. The van der Waals surface area contributed by atoms with Crippen LogP contribution in [0.2, 0.25) is 0 Å². The molecule has 0 aliphatic heterocycles. The summed E-state index contributed by atoms with van der Waals surface area (Å²) in [7, 11) is 0. The van der Waals surface area contributed by atoms with Gasteiger partial charge >= 0.3 is 0 Å². The zero-order valence-electron chi connectivity index (χ0n) is 7.53. The number of aromatic nitrogens is 2. The Kier molecular flexibility index (Phi) is 1.37. The molecule has 1 aromatic heterocycles. The van der Waals surface area contributed by atoms with Gasteiger partial charge in [0.1, 0.15) is 5.82 Å². The van der Waals surface area contributed by atoms with Gasteiger partial charge in [0.05, 0.1) is 5.69 Å². The van der Waals surface area contributed by atoms with Gasteiger partial charge in [-0.05, 0) is 43.2 Å². The van der Waals surface area contributed by atoms with Crippen molar-refractivity contribution in [2.24, 2.45) is 0 Å². The summed E-state index contributed by atoms with van der Waals surface area (Å²) in [4.78, 5) is 0.